The number of pyridine rings is 1. The second-order valence-electron chi connectivity index (χ2n) is 6.60. The molecule has 0 aliphatic carbocycles. The zero-order chi connectivity index (χ0) is 21.3. The van der Waals surface area contributed by atoms with Crippen molar-refractivity contribution in [1.29, 1.82) is 0 Å². The lowest BCUT2D eigenvalue weighted by Gasteiger charge is -2.24. The molecule has 4 rings (SSSR count). The first-order chi connectivity index (χ1) is 14.4. The van der Waals surface area contributed by atoms with Crippen LogP contribution in [0.15, 0.2) is 59.8 Å². The molecule has 0 saturated heterocycles. The maximum absolute atomic E-state index is 14.2. The average Bonchev–Trinajstić information content (AvgIpc) is 2.73. The molecule has 0 aliphatic heterocycles. The zero-order valence-electron chi connectivity index (χ0n) is 15.4. The monoisotopic (exact) mass is 414 g/mol. The summed E-state index contributed by atoms with van der Waals surface area (Å²) in [6, 6.07) is 6.62. The maximum atomic E-state index is 14.2. The van der Waals surface area contributed by atoms with Crippen LogP contribution in [0.3, 0.4) is 0 Å². The van der Waals surface area contributed by atoms with Gasteiger partial charge in [0.05, 0.1) is 11.7 Å². The van der Waals surface area contributed by atoms with E-state index < -0.39 is 28.8 Å². The van der Waals surface area contributed by atoms with Crippen LogP contribution < -0.4 is 10.5 Å². The predicted molar refractivity (Wildman–Crippen MR) is 103 cm³/mol. The highest BCUT2D eigenvalue weighted by atomic mass is 19.2. The van der Waals surface area contributed by atoms with E-state index in [9.17, 15) is 22.4 Å². The number of fused-ring (bicyclic) bond motifs is 1. The zero-order valence-corrected chi connectivity index (χ0v) is 15.4. The molecular formula is C21H14F4N4O. The fraction of sp³-hybridized carbons (Fsp3) is 0.0952. The fourth-order valence-corrected chi connectivity index (χ4v) is 3.21. The minimum atomic E-state index is -1.17. The van der Waals surface area contributed by atoms with Crippen molar-refractivity contribution in [2.24, 2.45) is 0 Å². The van der Waals surface area contributed by atoms with Gasteiger partial charge in [-0.15, -0.1) is 0 Å². The first kappa shape index (κ1) is 19.6. The van der Waals surface area contributed by atoms with Crippen molar-refractivity contribution in [1.82, 2.24) is 15.0 Å². The number of halogens is 4. The highest BCUT2D eigenvalue weighted by Gasteiger charge is 2.17. The van der Waals surface area contributed by atoms with Crippen LogP contribution in [0, 0.1) is 23.3 Å². The van der Waals surface area contributed by atoms with Gasteiger partial charge in [0.2, 0.25) is 5.56 Å². The third-order valence-electron chi connectivity index (χ3n) is 4.60. The van der Waals surface area contributed by atoms with Gasteiger partial charge in [0.25, 0.3) is 0 Å². The van der Waals surface area contributed by atoms with Crippen LogP contribution in [0.1, 0.15) is 11.1 Å². The molecule has 0 bridgehead atoms. The number of anilines is 1. The molecule has 9 heteroatoms. The Labute approximate surface area is 167 Å². The standard InChI is InChI=1S/C21H14F4N4O/c22-14-1-3-16(23)13(7-14)11-29(18-9-26-5-6-27-18)10-12-8-19(30)28-21-15(12)2-4-17(24)20(21)25/h1-9H,10-11H2,(H,28,30). The molecule has 0 fully saturated rings. The highest BCUT2D eigenvalue weighted by Crippen LogP contribution is 2.24. The summed E-state index contributed by atoms with van der Waals surface area (Å²) in [7, 11) is 0. The maximum Gasteiger partial charge on any atom is 0.248 e. The smallest absolute Gasteiger partial charge is 0.248 e. The molecule has 0 amide bonds. The highest BCUT2D eigenvalue weighted by molar-refractivity contribution is 5.82. The number of hydrogen-bond donors (Lipinski definition) is 1. The Morgan fingerprint density at radius 3 is 2.43 bits per heavy atom. The fourth-order valence-electron chi connectivity index (χ4n) is 3.21. The molecule has 1 N–H and O–H groups in total. The number of hydrogen-bond acceptors (Lipinski definition) is 4. The van der Waals surface area contributed by atoms with Crippen LogP contribution in [0.4, 0.5) is 23.4 Å². The van der Waals surface area contributed by atoms with Gasteiger partial charge in [-0.1, -0.05) is 0 Å². The Morgan fingerprint density at radius 1 is 0.900 bits per heavy atom. The lowest BCUT2D eigenvalue weighted by Crippen LogP contribution is -2.25. The van der Waals surface area contributed by atoms with Crippen molar-refractivity contribution in [3.05, 3.63) is 99.7 Å². The Hall–Kier alpha value is -3.75. The van der Waals surface area contributed by atoms with E-state index in [1.165, 1.54) is 30.7 Å². The van der Waals surface area contributed by atoms with Gasteiger partial charge < -0.3 is 9.88 Å². The van der Waals surface area contributed by atoms with Crippen LogP contribution >= 0.6 is 0 Å². The van der Waals surface area contributed by atoms with Gasteiger partial charge in [-0.25, -0.2) is 22.5 Å². The first-order valence-corrected chi connectivity index (χ1v) is 8.87. The van der Waals surface area contributed by atoms with E-state index in [1.807, 2.05) is 0 Å². The SMILES string of the molecule is O=c1cc(CN(Cc2cc(F)ccc2F)c2cnccn2)c2ccc(F)c(F)c2[nH]1. The molecule has 2 aromatic heterocycles. The largest absolute Gasteiger partial charge is 0.347 e. The van der Waals surface area contributed by atoms with Crippen LogP contribution in [0.2, 0.25) is 0 Å². The average molecular weight is 414 g/mol. The summed E-state index contributed by atoms with van der Waals surface area (Å²) in [6.45, 7) is -0.111. The van der Waals surface area contributed by atoms with E-state index in [2.05, 4.69) is 15.0 Å². The summed E-state index contributed by atoms with van der Waals surface area (Å²) in [6.07, 6.45) is 4.30. The van der Waals surface area contributed by atoms with E-state index in [0.717, 1.165) is 24.3 Å². The number of nitrogens with zero attached hydrogens (tertiary/aromatic N) is 3. The number of rotatable bonds is 5. The van der Waals surface area contributed by atoms with Gasteiger partial charge in [0, 0.05) is 42.5 Å². The molecule has 0 aliphatic rings. The van der Waals surface area contributed by atoms with Crippen LogP contribution in [-0.4, -0.2) is 15.0 Å². The molecule has 0 radical (unpaired) electrons. The Bertz CT molecular complexity index is 1280. The Morgan fingerprint density at radius 2 is 1.67 bits per heavy atom. The van der Waals surface area contributed by atoms with Crippen LogP contribution in [-0.2, 0) is 13.1 Å². The van der Waals surface area contributed by atoms with E-state index in [0.29, 0.717) is 11.4 Å². The molecule has 0 spiro atoms. The molecule has 0 atom stereocenters. The molecule has 5 nitrogen and oxygen atoms in total. The second-order valence-corrected chi connectivity index (χ2v) is 6.60. The predicted octanol–water partition coefficient (Wildman–Crippen LogP) is 4.08. The summed E-state index contributed by atoms with van der Waals surface area (Å²) in [5, 5.41) is 0.280. The lowest BCUT2D eigenvalue weighted by atomic mass is 10.1. The summed E-state index contributed by atoms with van der Waals surface area (Å²) in [5.41, 5.74) is -0.478. The first-order valence-electron chi connectivity index (χ1n) is 8.87. The van der Waals surface area contributed by atoms with Crippen molar-refractivity contribution >= 4 is 16.7 Å². The molecule has 4 aromatic rings. The molecule has 30 heavy (non-hydrogen) atoms. The van der Waals surface area contributed by atoms with Gasteiger partial charge in [-0.3, -0.25) is 9.78 Å². The number of aromatic nitrogens is 3. The number of H-pyrrole nitrogens is 1. The van der Waals surface area contributed by atoms with Crippen LogP contribution in [0.5, 0.6) is 0 Å². The summed E-state index contributed by atoms with van der Waals surface area (Å²) >= 11 is 0. The molecule has 152 valence electrons. The van der Waals surface area contributed by atoms with Crippen LogP contribution in [0.25, 0.3) is 10.9 Å². The minimum absolute atomic E-state index is 0.0138. The third kappa shape index (κ3) is 3.86. The topological polar surface area (TPSA) is 61.9 Å². The summed E-state index contributed by atoms with van der Waals surface area (Å²) in [5.74, 6) is -3.16. The Kier molecular flexibility index (Phi) is 5.18. The molecule has 2 aromatic carbocycles. The van der Waals surface area contributed by atoms with Crippen molar-refractivity contribution in [2.75, 3.05) is 4.90 Å². The molecule has 0 unspecified atom stereocenters. The van der Waals surface area contributed by atoms with Gasteiger partial charge >= 0.3 is 0 Å². The summed E-state index contributed by atoms with van der Waals surface area (Å²) < 4.78 is 55.7. The second kappa shape index (κ2) is 7.94. The van der Waals surface area contributed by atoms with Crippen molar-refractivity contribution in [2.45, 2.75) is 13.1 Å². The van der Waals surface area contributed by atoms with Gasteiger partial charge in [0.1, 0.15) is 17.5 Å². The van der Waals surface area contributed by atoms with E-state index >= 15 is 0 Å². The molecule has 2 heterocycles. The minimum Gasteiger partial charge on any atom is -0.347 e. The lowest BCUT2D eigenvalue weighted by molar-refractivity contribution is 0.515. The van der Waals surface area contributed by atoms with E-state index in [1.54, 1.807) is 4.90 Å². The van der Waals surface area contributed by atoms with Gasteiger partial charge in [-0.05, 0) is 35.9 Å². The van der Waals surface area contributed by atoms with Gasteiger partial charge in [-0.2, -0.15) is 0 Å². The molecule has 0 saturated carbocycles. The normalized spacial score (nSPS) is 11.1. The number of nitrogens with one attached hydrogen (secondary N) is 1. The van der Waals surface area contributed by atoms with Gasteiger partial charge in [0.15, 0.2) is 11.6 Å². The number of aromatic amines is 1. The van der Waals surface area contributed by atoms with E-state index in [4.69, 9.17) is 0 Å². The molecular weight excluding hydrogens is 400 g/mol. The van der Waals surface area contributed by atoms with Crippen molar-refractivity contribution < 1.29 is 17.6 Å². The third-order valence-corrected chi connectivity index (χ3v) is 4.60. The van der Waals surface area contributed by atoms with Crippen molar-refractivity contribution in [3.63, 3.8) is 0 Å². The van der Waals surface area contributed by atoms with Crippen molar-refractivity contribution in [3.8, 4) is 0 Å². The Balaban J connectivity index is 1.81. The van der Waals surface area contributed by atoms with E-state index in [-0.39, 0.29) is 29.6 Å². The quantitative estimate of drug-likeness (QED) is 0.500. The summed E-state index contributed by atoms with van der Waals surface area (Å²) in [4.78, 5) is 24.1. The number of benzene rings is 2.